The van der Waals surface area contributed by atoms with Gasteiger partial charge in [-0.3, -0.25) is 14.5 Å². The molecule has 1 N–H and O–H groups in total. The minimum atomic E-state index is -0.641. The molecule has 7 nitrogen and oxygen atoms in total. The Morgan fingerprint density at radius 1 is 0.892 bits per heavy atom. The predicted molar refractivity (Wildman–Crippen MR) is 152 cm³/mol. The fraction of sp³-hybridized carbons (Fsp3) is 0.483. The Morgan fingerprint density at radius 2 is 1.54 bits per heavy atom. The van der Waals surface area contributed by atoms with Crippen LogP contribution in [0.5, 0.6) is 11.5 Å². The summed E-state index contributed by atoms with van der Waals surface area (Å²) in [6.45, 7) is 8.02. The molecule has 3 rings (SSSR count). The summed E-state index contributed by atoms with van der Waals surface area (Å²) in [5.74, 6) is 1.09. The monoisotopic (exact) mass is 525 g/mol. The Labute approximate surface area is 226 Å². The first-order chi connectivity index (χ1) is 18.0. The second-order valence-corrected chi connectivity index (χ2v) is 9.50. The first kappa shape index (κ1) is 28.4. The SMILES string of the molecule is CCCCCCCN1C(=S)N(c2ccc(OCC)cc2)C(=O)C1CC(=O)Nc1ccc(OCCC)cc1. The number of nitrogens with zero attached hydrogens (tertiary/aromatic N) is 2. The van der Waals surface area contributed by atoms with Crippen LogP contribution in [0.3, 0.4) is 0 Å². The van der Waals surface area contributed by atoms with Crippen LogP contribution in [0.25, 0.3) is 0 Å². The summed E-state index contributed by atoms with van der Waals surface area (Å²) in [4.78, 5) is 30.0. The molecule has 2 aromatic carbocycles. The van der Waals surface area contributed by atoms with E-state index in [0.29, 0.717) is 36.2 Å². The van der Waals surface area contributed by atoms with Gasteiger partial charge in [-0.2, -0.15) is 0 Å². The summed E-state index contributed by atoms with van der Waals surface area (Å²) in [7, 11) is 0. The quantitative estimate of drug-likeness (QED) is 0.221. The number of anilines is 2. The van der Waals surface area contributed by atoms with Crippen LogP contribution in [0.4, 0.5) is 11.4 Å². The van der Waals surface area contributed by atoms with E-state index in [1.165, 1.54) is 12.8 Å². The smallest absolute Gasteiger partial charge is 0.256 e. The number of amides is 2. The molecule has 200 valence electrons. The molecular formula is C29H39N3O4S. The summed E-state index contributed by atoms with van der Waals surface area (Å²) in [5, 5.41) is 3.36. The minimum Gasteiger partial charge on any atom is -0.494 e. The number of hydrogen-bond donors (Lipinski definition) is 1. The van der Waals surface area contributed by atoms with E-state index >= 15 is 0 Å². The van der Waals surface area contributed by atoms with Crippen molar-refractivity contribution < 1.29 is 19.1 Å². The predicted octanol–water partition coefficient (Wildman–Crippen LogP) is 6.18. The second kappa shape index (κ2) is 14.6. The van der Waals surface area contributed by atoms with Gasteiger partial charge >= 0.3 is 0 Å². The van der Waals surface area contributed by atoms with E-state index < -0.39 is 6.04 Å². The average molecular weight is 526 g/mol. The number of unbranched alkanes of at least 4 members (excludes halogenated alkanes) is 4. The minimum absolute atomic E-state index is 0.0234. The molecule has 2 amide bonds. The molecule has 37 heavy (non-hydrogen) atoms. The highest BCUT2D eigenvalue weighted by molar-refractivity contribution is 7.80. The van der Waals surface area contributed by atoms with Gasteiger partial charge in [0, 0.05) is 12.2 Å². The molecular weight excluding hydrogens is 486 g/mol. The molecule has 0 saturated carbocycles. The maximum atomic E-state index is 13.6. The van der Waals surface area contributed by atoms with E-state index in [0.717, 1.165) is 37.2 Å². The van der Waals surface area contributed by atoms with Crippen molar-refractivity contribution in [2.45, 2.75) is 71.8 Å². The van der Waals surface area contributed by atoms with Gasteiger partial charge in [0.25, 0.3) is 5.91 Å². The van der Waals surface area contributed by atoms with Crippen molar-refractivity contribution in [3.8, 4) is 11.5 Å². The van der Waals surface area contributed by atoms with Gasteiger partial charge in [0.2, 0.25) is 5.91 Å². The van der Waals surface area contributed by atoms with E-state index in [2.05, 4.69) is 19.2 Å². The van der Waals surface area contributed by atoms with Crippen molar-refractivity contribution in [3.63, 3.8) is 0 Å². The van der Waals surface area contributed by atoms with Gasteiger partial charge in [0.05, 0.1) is 25.3 Å². The Morgan fingerprint density at radius 3 is 2.19 bits per heavy atom. The zero-order chi connectivity index (χ0) is 26.6. The lowest BCUT2D eigenvalue weighted by molar-refractivity contribution is -0.124. The summed E-state index contributed by atoms with van der Waals surface area (Å²) in [6.07, 6.45) is 6.44. The van der Waals surface area contributed by atoms with E-state index in [4.69, 9.17) is 21.7 Å². The number of rotatable bonds is 15. The highest BCUT2D eigenvalue weighted by Crippen LogP contribution is 2.29. The number of hydrogen-bond acceptors (Lipinski definition) is 5. The van der Waals surface area contributed by atoms with Crippen LogP contribution in [0.15, 0.2) is 48.5 Å². The third-order valence-electron chi connectivity index (χ3n) is 6.22. The van der Waals surface area contributed by atoms with Gasteiger partial charge in [-0.05, 0) is 80.5 Å². The van der Waals surface area contributed by atoms with E-state index in [-0.39, 0.29) is 18.2 Å². The van der Waals surface area contributed by atoms with Crippen molar-refractivity contribution in [2.75, 3.05) is 30.0 Å². The molecule has 1 aliphatic rings. The number of carbonyl (C=O) groups excluding carboxylic acids is 2. The first-order valence-electron chi connectivity index (χ1n) is 13.4. The number of nitrogens with one attached hydrogen (secondary N) is 1. The van der Waals surface area contributed by atoms with Gasteiger partial charge in [0.1, 0.15) is 17.5 Å². The molecule has 1 fully saturated rings. The van der Waals surface area contributed by atoms with Crippen LogP contribution in [0.2, 0.25) is 0 Å². The second-order valence-electron chi connectivity index (χ2n) is 9.13. The molecule has 0 aromatic heterocycles. The lowest BCUT2D eigenvalue weighted by Gasteiger charge is -2.24. The van der Waals surface area contributed by atoms with Gasteiger partial charge in [0.15, 0.2) is 5.11 Å². The number of benzene rings is 2. The van der Waals surface area contributed by atoms with Crippen LogP contribution in [-0.4, -0.2) is 47.6 Å². The van der Waals surface area contributed by atoms with Crippen molar-refractivity contribution in [3.05, 3.63) is 48.5 Å². The normalized spacial score (nSPS) is 15.3. The Bertz CT molecular complexity index is 1030. The molecule has 1 unspecified atom stereocenters. The van der Waals surface area contributed by atoms with Crippen LogP contribution in [0, 0.1) is 0 Å². The third kappa shape index (κ3) is 7.92. The van der Waals surface area contributed by atoms with Crippen LogP contribution >= 0.6 is 12.2 Å². The average Bonchev–Trinajstić information content (AvgIpc) is 3.12. The Hall–Kier alpha value is -3.13. The highest BCUT2D eigenvalue weighted by atomic mass is 32.1. The summed E-state index contributed by atoms with van der Waals surface area (Å²) in [6, 6.07) is 14.0. The largest absolute Gasteiger partial charge is 0.494 e. The van der Waals surface area contributed by atoms with Gasteiger partial charge in [-0.25, -0.2) is 0 Å². The van der Waals surface area contributed by atoms with Crippen molar-refractivity contribution >= 4 is 40.5 Å². The molecule has 0 spiro atoms. The molecule has 2 aromatic rings. The maximum absolute atomic E-state index is 13.6. The van der Waals surface area contributed by atoms with Crippen molar-refractivity contribution in [2.24, 2.45) is 0 Å². The lowest BCUT2D eigenvalue weighted by atomic mass is 10.1. The topological polar surface area (TPSA) is 71.1 Å². The zero-order valence-electron chi connectivity index (χ0n) is 22.2. The molecule has 0 radical (unpaired) electrons. The Balaban J connectivity index is 1.71. The van der Waals surface area contributed by atoms with Crippen LogP contribution in [-0.2, 0) is 9.59 Å². The van der Waals surface area contributed by atoms with Crippen LogP contribution in [0.1, 0.15) is 65.7 Å². The molecule has 0 aliphatic carbocycles. The summed E-state index contributed by atoms with van der Waals surface area (Å²) < 4.78 is 11.1. The summed E-state index contributed by atoms with van der Waals surface area (Å²) >= 11 is 5.77. The fourth-order valence-corrected chi connectivity index (χ4v) is 4.72. The summed E-state index contributed by atoms with van der Waals surface area (Å²) in [5.41, 5.74) is 1.34. The lowest BCUT2D eigenvalue weighted by Crippen LogP contribution is -2.38. The maximum Gasteiger partial charge on any atom is 0.256 e. The molecule has 1 heterocycles. The third-order valence-corrected chi connectivity index (χ3v) is 6.63. The van der Waals surface area contributed by atoms with Crippen molar-refractivity contribution in [1.29, 1.82) is 0 Å². The first-order valence-corrected chi connectivity index (χ1v) is 13.8. The highest BCUT2D eigenvalue weighted by Gasteiger charge is 2.43. The number of ether oxygens (including phenoxy) is 2. The van der Waals surface area contributed by atoms with E-state index in [1.807, 2.05) is 60.4 Å². The number of thiocarbonyl (C=S) groups is 1. The standard InChI is InChI=1S/C29H39N3O4S/c1-4-7-8-9-10-19-31-26(21-27(33)30-22-11-15-25(16-12-22)36-20-5-2)28(34)32(29(31)37)23-13-17-24(18-14-23)35-6-3/h11-18,26H,4-10,19-21H2,1-3H3,(H,30,33). The fourth-order valence-electron chi connectivity index (χ4n) is 4.31. The van der Waals surface area contributed by atoms with Gasteiger partial charge < -0.3 is 19.7 Å². The van der Waals surface area contributed by atoms with E-state index in [1.54, 1.807) is 4.90 Å². The molecule has 8 heteroatoms. The van der Waals surface area contributed by atoms with Gasteiger partial charge in [-0.15, -0.1) is 0 Å². The van der Waals surface area contributed by atoms with E-state index in [9.17, 15) is 9.59 Å². The Kier molecular flexibility index (Phi) is 11.2. The molecule has 1 aliphatic heterocycles. The zero-order valence-corrected chi connectivity index (χ0v) is 23.0. The van der Waals surface area contributed by atoms with Crippen LogP contribution < -0.4 is 19.7 Å². The molecule has 0 bridgehead atoms. The van der Waals surface area contributed by atoms with Gasteiger partial charge in [-0.1, -0.05) is 39.5 Å². The van der Waals surface area contributed by atoms with Crippen molar-refractivity contribution in [1.82, 2.24) is 4.90 Å². The molecule has 1 atom stereocenters. The number of carbonyl (C=O) groups is 2. The molecule has 1 saturated heterocycles.